The Morgan fingerprint density at radius 2 is 1.65 bits per heavy atom. The summed E-state index contributed by atoms with van der Waals surface area (Å²) in [7, 11) is 0. The number of carbonyl (C=O) groups is 2. The van der Waals surface area contributed by atoms with Crippen molar-refractivity contribution in [3.05, 3.63) is 0 Å². The molecule has 0 atom stereocenters. The van der Waals surface area contributed by atoms with Crippen molar-refractivity contribution < 1.29 is 9.59 Å². The van der Waals surface area contributed by atoms with E-state index in [4.69, 9.17) is 5.73 Å². The number of piperazine rings is 1. The van der Waals surface area contributed by atoms with Crippen LogP contribution in [0.3, 0.4) is 0 Å². The van der Waals surface area contributed by atoms with E-state index >= 15 is 0 Å². The zero-order chi connectivity index (χ0) is 12.5. The third-order valence-electron chi connectivity index (χ3n) is 3.93. The minimum Gasteiger partial charge on any atom is -0.339 e. The first-order valence-electron chi connectivity index (χ1n) is 6.32. The molecule has 0 aromatic carbocycles. The molecule has 1 aliphatic heterocycles. The average Bonchev–Trinajstić information content (AvgIpc) is 2.27. The number of nitrogens with zero attached hydrogens (tertiary/aromatic N) is 2. The number of carbonyl (C=O) groups excluding carboxylic acids is 2. The minimum absolute atomic E-state index is 0.0892. The summed E-state index contributed by atoms with van der Waals surface area (Å²) < 4.78 is 0. The third kappa shape index (κ3) is 2.77. The van der Waals surface area contributed by atoms with E-state index in [1.807, 2.05) is 4.90 Å². The Hall–Kier alpha value is -1.10. The molecule has 0 radical (unpaired) electrons. The molecule has 2 rings (SSSR count). The van der Waals surface area contributed by atoms with Crippen molar-refractivity contribution in [3.63, 3.8) is 0 Å². The Labute approximate surface area is 102 Å². The molecule has 2 aliphatic rings. The predicted molar refractivity (Wildman–Crippen MR) is 64.2 cm³/mol. The Morgan fingerprint density at radius 3 is 2.06 bits per heavy atom. The van der Waals surface area contributed by atoms with Crippen LogP contribution in [0.25, 0.3) is 0 Å². The molecular weight excluding hydrogens is 218 g/mol. The second-order valence-electron chi connectivity index (χ2n) is 5.28. The van der Waals surface area contributed by atoms with Gasteiger partial charge in [-0.15, -0.1) is 0 Å². The number of rotatable bonds is 2. The quantitative estimate of drug-likeness (QED) is 0.734. The van der Waals surface area contributed by atoms with Crippen LogP contribution in [0.5, 0.6) is 0 Å². The zero-order valence-corrected chi connectivity index (χ0v) is 10.4. The van der Waals surface area contributed by atoms with Crippen LogP contribution in [0.15, 0.2) is 0 Å². The molecular formula is C12H21N3O2. The predicted octanol–water partition coefficient (Wildman–Crippen LogP) is -0.0514. The van der Waals surface area contributed by atoms with Gasteiger partial charge in [-0.2, -0.15) is 0 Å². The summed E-state index contributed by atoms with van der Waals surface area (Å²) in [4.78, 5) is 26.8. The zero-order valence-electron chi connectivity index (χ0n) is 10.4. The van der Waals surface area contributed by atoms with Gasteiger partial charge in [0.25, 0.3) is 0 Å². The van der Waals surface area contributed by atoms with E-state index in [2.05, 4.69) is 0 Å². The van der Waals surface area contributed by atoms with E-state index in [1.54, 1.807) is 11.8 Å². The van der Waals surface area contributed by atoms with Gasteiger partial charge in [-0.3, -0.25) is 9.59 Å². The molecule has 1 saturated heterocycles. The van der Waals surface area contributed by atoms with Gasteiger partial charge in [-0.25, -0.2) is 0 Å². The summed E-state index contributed by atoms with van der Waals surface area (Å²) >= 11 is 0. The van der Waals surface area contributed by atoms with E-state index in [9.17, 15) is 9.59 Å². The van der Waals surface area contributed by atoms with Gasteiger partial charge in [-0.05, 0) is 19.3 Å². The van der Waals surface area contributed by atoms with Crippen molar-refractivity contribution in [2.45, 2.75) is 38.1 Å². The Morgan fingerprint density at radius 1 is 1.12 bits per heavy atom. The van der Waals surface area contributed by atoms with E-state index in [0.29, 0.717) is 32.6 Å². The molecule has 1 aliphatic carbocycles. The molecule has 0 aromatic rings. The summed E-state index contributed by atoms with van der Waals surface area (Å²) in [5.41, 5.74) is 5.83. The molecule has 0 spiro atoms. The maximum atomic E-state index is 12.0. The monoisotopic (exact) mass is 239 g/mol. The summed E-state index contributed by atoms with van der Waals surface area (Å²) in [5.74, 6) is 0.238. The van der Waals surface area contributed by atoms with Crippen molar-refractivity contribution in [2.75, 3.05) is 26.2 Å². The van der Waals surface area contributed by atoms with Gasteiger partial charge in [0.05, 0.1) is 0 Å². The molecule has 1 heterocycles. The van der Waals surface area contributed by atoms with Crippen LogP contribution in [0.2, 0.25) is 0 Å². The molecule has 0 unspecified atom stereocenters. The molecule has 2 fully saturated rings. The second kappa shape index (κ2) is 4.64. The number of amides is 2. The SMILES string of the molecule is CC(=O)N1CCN(C(=O)CC2(N)CCC2)CC1. The lowest BCUT2D eigenvalue weighted by Gasteiger charge is -2.40. The normalized spacial score (nSPS) is 23.2. The lowest BCUT2D eigenvalue weighted by molar-refractivity contribution is -0.139. The first-order valence-corrected chi connectivity index (χ1v) is 6.32. The van der Waals surface area contributed by atoms with Gasteiger partial charge in [0.15, 0.2) is 0 Å². The van der Waals surface area contributed by atoms with Crippen LogP contribution < -0.4 is 5.73 Å². The fourth-order valence-electron chi connectivity index (χ4n) is 2.49. The molecule has 5 heteroatoms. The largest absolute Gasteiger partial charge is 0.339 e. The molecule has 5 nitrogen and oxygen atoms in total. The second-order valence-corrected chi connectivity index (χ2v) is 5.28. The summed E-state index contributed by atoms with van der Waals surface area (Å²) in [6.45, 7) is 4.17. The van der Waals surface area contributed by atoms with E-state index in [1.165, 1.54) is 0 Å². The maximum Gasteiger partial charge on any atom is 0.224 e. The van der Waals surface area contributed by atoms with Crippen LogP contribution in [0.1, 0.15) is 32.6 Å². The topological polar surface area (TPSA) is 66.6 Å². The van der Waals surface area contributed by atoms with Crippen LogP contribution in [0, 0.1) is 0 Å². The molecule has 0 bridgehead atoms. The van der Waals surface area contributed by atoms with Crippen LogP contribution in [0.4, 0.5) is 0 Å². The summed E-state index contributed by atoms with van der Waals surface area (Å²) in [6.07, 6.45) is 3.53. The van der Waals surface area contributed by atoms with Gasteiger partial charge in [-0.1, -0.05) is 0 Å². The van der Waals surface area contributed by atoms with Crippen molar-refractivity contribution in [1.29, 1.82) is 0 Å². The van der Waals surface area contributed by atoms with Crippen molar-refractivity contribution >= 4 is 11.8 Å². The number of hydrogen-bond acceptors (Lipinski definition) is 3. The summed E-state index contributed by atoms with van der Waals surface area (Å²) in [5, 5.41) is 0. The van der Waals surface area contributed by atoms with Gasteiger partial charge in [0.1, 0.15) is 0 Å². The van der Waals surface area contributed by atoms with E-state index < -0.39 is 0 Å². The fourth-order valence-corrected chi connectivity index (χ4v) is 2.49. The van der Waals surface area contributed by atoms with Crippen LogP contribution in [-0.4, -0.2) is 53.3 Å². The number of nitrogens with two attached hydrogens (primary N) is 1. The maximum absolute atomic E-state index is 12.0. The Bertz CT molecular complexity index is 318. The molecule has 2 amide bonds. The van der Waals surface area contributed by atoms with Gasteiger partial charge in [0, 0.05) is 45.1 Å². The highest BCUT2D eigenvalue weighted by Gasteiger charge is 2.36. The highest BCUT2D eigenvalue weighted by Crippen LogP contribution is 2.32. The first-order chi connectivity index (χ1) is 8.00. The van der Waals surface area contributed by atoms with Gasteiger partial charge in [0.2, 0.25) is 11.8 Å². The minimum atomic E-state index is -0.241. The highest BCUT2D eigenvalue weighted by atomic mass is 16.2. The standard InChI is InChI=1S/C12H21N3O2/c1-10(16)14-5-7-15(8-6-14)11(17)9-12(13)3-2-4-12/h2-9,13H2,1H3. The van der Waals surface area contributed by atoms with Crippen LogP contribution >= 0.6 is 0 Å². The van der Waals surface area contributed by atoms with Gasteiger partial charge >= 0.3 is 0 Å². The Kier molecular flexibility index (Phi) is 3.38. The molecule has 96 valence electrons. The molecule has 17 heavy (non-hydrogen) atoms. The smallest absolute Gasteiger partial charge is 0.224 e. The highest BCUT2D eigenvalue weighted by molar-refractivity contribution is 5.78. The summed E-state index contributed by atoms with van der Waals surface area (Å²) in [6, 6.07) is 0. The fraction of sp³-hybridized carbons (Fsp3) is 0.833. The average molecular weight is 239 g/mol. The van der Waals surface area contributed by atoms with Crippen molar-refractivity contribution in [2.24, 2.45) is 5.73 Å². The lowest BCUT2D eigenvalue weighted by Crippen LogP contribution is -2.54. The van der Waals surface area contributed by atoms with Gasteiger partial charge < -0.3 is 15.5 Å². The van der Waals surface area contributed by atoms with Crippen molar-refractivity contribution in [1.82, 2.24) is 9.80 Å². The lowest BCUT2D eigenvalue weighted by atomic mass is 9.75. The van der Waals surface area contributed by atoms with E-state index in [0.717, 1.165) is 19.3 Å². The first kappa shape index (κ1) is 12.4. The van der Waals surface area contributed by atoms with Crippen LogP contribution in [-0.2, 0) is 9.59 Å². The Balaban J connectivity index is 1.80. The van der Waals surface area contributed by atoms with E-state index in [-0.39, 0.29) is 17.4 Å². The third-order valence-corrected chi connectivity index (χ3v) is 3.93. The number of hydrogen-bond donors (Lipinski definition) is 1. The molecule has 1 saturated carbocycles. The molecule has 2 N–H and O–H groups in total. The molecule has 0 aromatic heterocycles. The van der Waals surface area contributed by atoms with Crippen molar-refractivity contribution in [3.8, 4) is 0 Å².